The van der Waals surface area contributed by atoms with Crippen LogP contribution in [0.4, 0.5) is 0 Å². The lowest BCUT2D eigenvalue weighted by molar-refractivity contribution is -0.123. The Bertz CT molecular complexity index is 488. The average Bonchev–Trinajstić information content (AvgIpc) is 3.02. The third-order valence-electron chi connectivity index (χ3n) is 4.31. The zero-order chi connectivity index (χ0) is 16.5. The number of carbonyl (C=O) groups excluding carboxylic acids is 1. The van der Waals surface area contributed by atoms with Gasteiger partial charge >= 0.3 is 0 Å². The molecule has 0 saturated heterocycles. The Balaban J connectivity index is 0.00000288. The summed E-state index contributed by atoms with van der Waals surface area (Å²) in [6.07, 6.45) is 5.46. The Hall–Kier alpha value is -1.46. The van der Waals surface area contributed by atoms with Crippen LogP contribution in [0.3, 0.4) is 0 Å². The fourth-order valence-electron chi connectivity index (χ4n) is 3.01. The summed E-state index contributed by atoms with van der Waals surface area (Å²) < 4.78 is 11.0. The lowest BCUT2D eigenvalue weighted by Crippen LogP contribution is -2.51. The van der Waals surface area contributed by atoms with E-state index in [1.165, 1.54) is 0 Å². The summed E-state index contributed by atoms with van der Waals surface area (Å²) in [5.41, 5.74) is 5.67. The van der Waals surface area contributed by atoms with Crippen LogP contribution in [0.15, 0.2) is 24.3 Å². The normalized spacial score (nSPS) is 15.4. The molecule has 1 aromatic carbocycles. The van der Waals surface area contributed by atoms with E-state index in [0.29, 0.717) is 32.6 Å². The second kappa shape index (κ2) is 10.4. The number of hydrogen-bond donors (Lipinski definition) is 2. The summed E-state index contributed by atoms with van der Waals surface area (Å²) in [5, 5.41) is 3.13. The summed E-state index contributed by atoms with van der Waals surface area (Å²) in [6, 6.07) is 7.54. The molecule has 1 fully saturated rings. The molecule has 1 saturated carbocycles. The van der Waals surface area contributed by atoms with Gasteiger partial charge in [-0.25, -0.2) is 0 Å². The highest BCUT2D eigenvalue weighted by molar-refractivity contribution is 5.85. The molecule has 1 aliphatic carbocycles. The molecule has 1 aliphatic rings. The maximum atomic E-state index is 12.1. The highest BCUT2D eigenvalue weighted by Crippen LogP contribution is 2.28. The standard InChI is InChI=1S/C18H28N2O3.ClH/c1-2-22-15-7-9-16(10-8-15)23-13-5-6-17(21)20-18(14-19)11-3-4-12-18;/h7-10H,2-6,11-14,19H2,1H3,(H,20,21);1H. The number of carbonyl (C=O) groups is 1. The number of ether oxygens (including phenoxy) is 2. The van der Waals surface area contributed by atoms with Crippen molar-refractivity contribution in [3.63, 3.8) is 0 Å². The quantitative estimate of drug-likeness (QED) is 0.667. The van der Waals surface area contributed by atoms with E-state index in [2.05, 4.69) is 5.32 Å². The van der Waals surface area contributed by atoms with Gasteiger partial charge in [0.1, 0.15) is 11.5 Å². The molecule has 2 rings (SSSR count). The molecule has 0 atom stereocenters. The lowest BCUT2D eigenvalue weighted by Gasteiger charge is -2.28. The van der Waals surface area contributed by atoms with Gasteiger partial charge in [0.2, 0.25) is 5.91 Å². The molecular formula is C18H29ClN2O3. The van der Waals surface area contributed by atoms with Crippen molar-refractivity contribution in [1.29, 1.82) is 0 Å². The van der Waals surface area contributed by atoms with E-state index >= 15 is 0 Å². The molecule has 1 amide bonds. The molecule has 1 aromatic rings. The average molecular weight is 357 g/mol. The molecule has 0 spiro atoms. The summed E-state index contributed by atoms with van der Waals surface area (Å²) in [7, 11) is 0. The van der Waals surface area contributed by atoms with E-state index < -0.39 is 0 Å². The maximum absolute atomic E-state index is 12.1. The largest absolute Gasteiger partial charge is 0.494 e. The van der Waals surface area contributed by atoms with Gasteiger partial charge in [-0.15, -0.1) is 12.4 Å². The minimum Gasteiger partial charge on any atom is -0.494 e. The van der Waals surface area contributed by atoms with E-state index in [1.807, 2.05) is 31.2 Å². The molecule has 0 unspecified atom stereocenters. The smallest absolute Gasteiger partial charge is 0.220 e. The van der Waals surface area contributed by atoms with Crippen LogP contribution >= 0.6 is 12.4 Å². The van der Waals surface area contributed by atoms with Gasteiger partial charge in [-0.2, -0.15) is 0 Å². The summed E-state index contributed by atoms with van der Waals surface area (Å²) in [4.78, 5) is 12.1. The molecule has 3 N–H and O–H groups in total. The van der Waals surface area contributed by atoms with Crippen LogP contribution in [0, 0.1) is 0 Å². The van der Waals surface area contributed by atoms with Crippen molar-refractivity contribution in [1.82, 2.24) is 5.32 Å². The van der Waals surface area contributed by atoms with Crippen LogP contribution in [0.5, 0.6) is 11.5 Å². The minimum atomic E-state index is -0.160. The second-order valence-electron chi connectivity index (χ2n) is 6.10. The van der Waals surface area contributed by atoms with Gasteiger partial charge in [0, 0.05) is 13.0 Å². The Morgan fingerprint density at radius 3 is 2.29 bits per heavy atom. The molecule has 0 bridgehead atoms. The number of nitrogens with one attached hydrogen (secondary N) is 1. The number of hydrogen-bond acceptors (Lipinski definition) is 4. The van der Waals surface area contributed by atoms with Crippen LogP contribution in [0.2, 0.25) is 0 Å². The van der Waals surface area contributed by atoms with E-state index in [-0.39, 0.29) is 23.9 Å². The van der Waals surface area contributed by atoms with Gasteiger partial charge in [-0.3, -0.25) is 4.79 Å². The van der Waals surface area contributed by atoms with Crippen molar-refractivity contribution < 1.29 is 14.3 Å². The molecule has 5 nitrogen and oxygen atoms in total. The Morgan fingerprint density at radius 1 is 1.17 bits per heavy atom. The zero-order valence-corrected chi connectivity index (χ0v) is 15.2. The fourth-order valence-corrected chi connectivity index (χ4v) is 3.01. The highest BCUT2D eigenvalue weighted by Gasteiger charge is 2.33. The van der Waals surface area contributed by atoms with Gasteiger partial charge < -0.3 is 20.5 Å². The summed E-state index contributed by atoms with van der Waals surface area (Å²) in [6.45, 7) is 3.66. The SMILES string of the molecule is CCOc1ccc(OCCCC(=O)NC2(CN)CCCC2)cc1.Cl. The predicted octanol–water partition coefficient (Wildman–Crippen LogP) is 3.05. The number of benzene rings is 1. The van der Waals surface area contributed by atoms with Crippen molar-refractivity contribution in [2.75, 3.05) is 19.8 Å². The molecule has 0 aromatic heterocycles. The first-order valence-electron chi connectivity index (χ1n) is 8.54. The van der Waals surface area contributed by atoms with Gasteiger partial charge in [0.25, 0.3) is 0 Å². The Labute approximate surface area is 150 Å². The van der Waals surface area contributed by atoms with E-state index in [0.717, 1.165) is 37.2 Å². The number of nitrogens with two attached hydrogens (primary N) is 1. The number of halogens is 1. The molecule has 24 heavy (non-hydrogen) atoms. The first-order valence-corrected chi connectivity index (χ1v) is 8.54. The molecule has 0 aliphatic heterocycles. The lowest BCUT2D eigenvalue weighted by atomic mass is 9.97. The van der Waals surface area contributed by atoms with Gasteiger partial charge in [0.15, 0.2) is 0 Å². The number of amides is 1. The molecule has 6 heteroatoms. The fraction of sp³-hybridized carbons (Fsp3) is 0.611. The van der Waals surface area contributed by atoms with E-state index in [9.17, 15) is 4.79 Å². The number of rotatable bonds is 9. The van der Waals surface area contributed by atoms with E-state index in [4.69, 9.17) is 15.2 Å². The van der Waals surface area contributed by atoms with Crippen LogP contribution in [-0.2, 0) is 4.79 Å². The molecule has 136 valence electrons. The first kappa shape index (κ1) is 20.6. The molecular weight excluding hydrogens is 328 g/mol. The maximum Gasteiger partial charge on any atom is 0.220 e. The third-order valence-corrected chi connectivity index (χ3v) is 4.31. The summed E-state index contributed by atoms with van der Waals surface area (Å²) >= 11 is 0. The Kier molecular flexibility index (Phi) is 8.93. The van der Waals surface area contributed by atoms with Crippen molar-refractivity contribution >= 4 is 18.3 Å². The predicted molar refractivity (Wildman–Crippen MR) is 98.0 cm³/mol. The zero-order valence-electron chi connectivity index (χ0n) is 14.4. The van der Waals surface area contributed by atoms with Gasteiger partial charge in [-0.1, -0.05) is 12.8 Å². The molecule has 0 heterocycles. The minimum absolute atomic E-state index is 0. The van der Waals surface area contributed by atoms with Crippen molar-refractivity contribution in [2.24, 2.45) is 5.73 Å². The van der Waals surface area contributed by atoms with Crippen LogP contribution in [-0.4, -0.2) is 31.2 Å². The van der Waals surface area contributed by atoms with Crippen molar-refractivity contribution in [2.45, 2.75) is 51.0 Å². The van der Waals surface area contributed by atoms with Crippen LogP contribution in [0.1, 0.15) is 45.4 Å². The van der Waals surface area contributed by atoms with E-state index in [1.54, 1.807) is 0 Å². The third kappa shape index (κ3) is 6.21. The van der Waals surface area contributed by atoms with Crippen molar-refractivity contribution in [3.8, 4) is 11.5 Å². The van der Waals surface area contributed by atoms with Crippen LogP contribution < -0.4 is 20.5 Å². The van der Waals surface area contributed by atoms with Crippen molar-refractivity contribution in [3.05, 3.63) is 24.3 Å². The topological polar surface area (TPSA) is 73.6 Å². The Morgan fingerprint density at radius 2 is 1.75 bits per heavy atom. The van der Waals surface area contributed by atoms with Gasteiger partial charge in [0.05, 0.1) is 18.8 Å². The molecule has 0 radical (unpaired) electrons. The van der Waals surface area contributed by atoms with Gasteiger partial charge in [-0.05, 0) is 50.5 Å². The first-order chi connectivity index (χ1) is 11.2. The second-order valence-corrected chi connectivity index (χ2v) is 6.10. The van der Waals surface area contributed by atoms with Crippen LogP contribution in [0.25, 0.3) is 0 Å². The summed E-state index contributed by atoms with van der Waals surface area (Å²) in [5.74, 6) is 1.71. The highest BCUT2D eigenvalue weighted by atomic mass is 35.5. The monoisotopic (exact) mass is 356 g/mol.